The highest BCUT2D eigenvalue weighted by molar-refractivity contribution is 5.78. The van der Waals surface area contributed by atoms with Gasteiger partial charge in [0.2, 0.25) is 5.91 Å². The molecular weight excluding hydrogens is 340 g/mol. The Balaban J connectivity index is 1.82. The van der Waals surface area contributed by atoms with E-state index in [9.17, 15) is 4.79 Å². The lowest BCUT2D eigenvalue weighted by molar-refractivity contribution is -0.120. The van der Waals surface area contributed by atoms with Crippen LogP contribution < -0.4 is 14.8 Å². The van der Waals surface area contributed by atoms with Gasteiger partial charge in [0.15, 0.2) is 0 Å². The van der Waals surface area contributed by atoms with Gasteiger partial charge in [-0.25, -0.2) is 0 Å². The third-order valence-corrected chi connectivity index (χ3v) is 4.02. The molecule has 1 N–H and O–H groups in total. The van der Waals surface area contributed by atoms with Crippen LogP contribution in [0.5, 0.6) is 11.5 Å². The SMILES string of the molecule is CC(C)(C)c1ccc(OCCOc2ccccc2CNC(=O)CC#N)cc1. The van der Waals surface area contributed by atoms with Crippen molar-refractivity contribution in [1.82, 2.24) is 5.32 Å². The predicted octanol–water partition coefficient (Wildman–Crippen LogP) is 3.97. The Bertz CT molecular complexity index is 786. The third kappa shape index (κ3) is 6.67. The van der Waals surface area contributed by atoms with Crippen molar-refractivity contribution in [3.63, 3.8) is 0 Å². The third-order valence-electron chi connectivity index (χ3n) is 4.02. The van der Waals surface area contributed by atoms with Gasteiger partial charge in [0.25, 0.3) is 0 Å². The maximum Gasteiger partial charge on any atom is 0.234 e. The van der Waals surface area contributed by atoms with Gasteiger partial charge in [-0.1, -0.05) is 51.1 Å². The Labute approximate surface area is 160 Å². The summed E-state index contributed by atoms with van der Waals surface area (Å²) >= 11 is 0. The normalized spacial score (nSPS) is 10.7. The van der Waals surface area contributed by atoms with Gasteiger partial charge in [0.1, 0.15) is 31.1 Å². The number of amides is 1. The quantitative estimate of drug-likeness (QED) is 0.718. The van der Waals surface area contributed by atoms with Gasteiger partial charge in [0.05, 0.1) is 6.07 Å². The molecule has 0 aliphatic rings. The van der Waals surface area contributed by atoms with Crippen molar-refractivity contribution in [1.29, 1.82) is 5.26 Å². The van der Waals surface area contributed by atoms with E-state index in [1.54, 1.807) is 0 Å². The molecule has 0 unspecified atom stereocenters. The van der Waals surface area contributed by atoms with Crippen LogP contribution in [0.15, 0.2) is 48.5 Å². The maximum atomic E-state index is 11.4. The number of rotatable bonds is 8. The van der Waals surface area contributed by atoms with Gasteiger partial charge in [-0.2, -0.15) is 5.26 Å². The highest BCUT2D eigenvalue weighted by Gasteiger charge is 2.13. The van der Waals surface area contributed by atoms with Crippen molar-refractivity contribution in [3.8, 4) is 17.6 Å². The fourth-order valence-corrected chi connectivity index (χ4v) is 2.48. The van der Waals surface area contributed by atoms with E-state index >= 15 is 0 Å². The minimum absolute atomic E-state index is 0.119. The van der Waals surface area contributed by atoms with Crippen LogP contribution in [-0.2, 0) is 16.8 Å². The molecule has 27 heavy (non-hydrogen) atoms. The Morgan fingerprint density at radius 3 is 2.37 bits per heavy atom. The average molecular weight is 366 g/mol. The lowest BCUT2D eigenvalue weighted by Crippen LogP contribution is -2.22. The summed E-state index contributed by atoms with van der Waals surface area (Å²) in [6, 6.07) is 17.4. The van der Waals surface area contributed by atoms with Crippen molar-refractivity contribution in [2.24, 2.45) is 0 Å². The molecular formula is C22H26N2O3. The van der Waals surface area contributed by atoms with Crippen molar-refractivity contribution in [2.45, 2.75) is 39.2 Å². The molecule has 0 saturated carbocycles. The summed E-state index contributed by atoms with van der Waals surface area (Å²) < 4.78 is 11.5. The topological polar surface area (TPSA) is 71.3 Å². The molecule has 1 amide bonds. The van der Waals surface area contributed by atoms with Gasteiger partial charge >= 0.3 is 0 Å². The van der Waals surface area contributed by atoms with Crippen LogP contribution in [0.2, 0.25) is 0 Å². The van der Waals surface area contributed by atoms with E-state index in [-0.39, 0.29) is 17.7 Å². The van der Waals surface area contributed by atoms with Crippen molar-refractivity contribution >= 4 is 5.91 Å². The predicted molar refractivity (Wildman–Crippen MR) is 105 cm³/mol. The number of nitrogens with one attached hydrogen (secondary N) is 1. The Hall–Kier alpha value is -3.00. The molecule has 0 spiro atoms. The largest absolute Gasteiger partial charge is 0.490 e. The second-order valence-electron chi connectivity index (χ2n) is 7.19. The van der Waals surface area contributed by atoms with Crippen LogP contribution in [0.4, 0.5) is 0 Å². The van der Waals surface area contributed by atoms with Crippen LogP contribution in [-0.4, -0.2) is 19.1 Å². The van der Waals surface area contributed by atoms with E-state index in [1.165, 1.54) is 5.56 Å². The minimum Gasteiger partial charge on any atom is -0.490 e. The molecule has 2 rings (SSSR count). The van der Waals surface area contributed by atoms with Crippen LogP contribution in [0, 0.1) is 11.3 Å². The molecule has 0 aliphatic carbocycles. The summed E-state index contributed by atoms with van der Waals surface area (Å²) in [5, 5.41) is 11.2. The number of ether oxygens (including phenoxy) is 2. The number of para-hydroxylation sites is 1. The first-order chi connectivity index (χ1) is 12.9. The molecule has 0 atom stereocenters. The van der Waals surface area contributed by atoms with Crippen LogP contribution in [0.1, 0.15) is 38.3 Å². The molecule has 0 saturated heterocycles. The molecule has 0 aliphatic heterocycles. The van der Waals surface area contributed by atoms with Crippen molar-refractivity contribution in [3.05, 3.63) is 59.7 Å². The summed E-state index contributed by atoms with van der Waals surface area (Å²) in [6.07, 6.45) is -0.148. The van der Waals surface area contributed by atoms with Crippen LogP contribution in [0.3, 0.4) is 0 Å². The summed E-state index contributed by atoms with van der Waals surface area (Å²) in [7, 11) is 0. The smallest absolute Gasteiger partial charge is 0.234 e. The number of hydrogen-bond acceptors (Lipinski definition) is 4. The number of nitriles is 1. The fraction of sp³-hybridized carbons (Fsp3) is 0.364. The molecule has 0 bridgehead atoms. The van der Waals surface area contributed by atoms with E-state index < -0.39 is 0 Å². The molecule has 5 heteroatoms. The molecule has 0 heterocycles. The molecule has 0 radical (unpaired) electrons. The van der Waals surface area contributed by atoms with Gasteiger partial charge in [-0.3, -0.25) is 4.79 Å². The Morgan fingerprint density at radius 1 is 1.04 bits per heavy atom. The maximum absolute atomic E-state index is 11.4. The number of nitrogens with zero attached hydrogens (tertiary/aromatic N) is 1. The standard InChI is InChI=1S/C22H26N2O3/c1-22(2,3)18-8-10-19(11-9-18)26-14-15-27-20-7-5-4-6-17(20)16-24-21(25)12-13-23/h4-11H,12,14-16H2,1-3H3,(H,24,25). The average Bonchev–Trinajstić information content (AvgIpc) is 2.64. The molecule has 0 aromatic heterocycles. The summed E-state index contributed by atoms with van der Waals surface area (Å²) in [5.41, 5.74) is 2.24. The lowest BCUT2D eigenvalue weighted by Gasteiger charge is -2.19. The summed E-state index contributed by atoms with van der Waals surface area (Å²) in [4.78, 5) is 11.4. The first-order valence-electron chi connectivity index (χ1n) is 8.98. The first kappa shape index (κ1) is 20.3. The summed E-state index contributed by atoms with van der Waals surface area (Å²) in [6.45, 7) is 7.67. The summed E-state index contributed by atoms with van der Waals surface area (Å²) in [5.74, 6) is 1.21. The van der Waals surface area contributed by atoms with Crippen LogP contribution in [0.25, 0.3) is 0 Å². The number of benzene rings is 2. The number of carbonyl (C=O) groups excluding carboxylic acids is 1. The second kappa shape index (κ2) is 9.63. The number of hydrogen-bond donors (Lipinski definition) is 1. The molecule has 142 valence electrons. The van der Waals surface area contributed by atoms with Crippen molar-refractivity contribution in [2.75, 3.05) is 13.2 Å². The lowest BCUT2D eigenvalue weighted by atomic mass is 9.87. The van der Waals surface area contributed by atoms with E-state index in [0.29, 0.717) is 25.5 Å². The molecule has 2 aromatic rings. The van der Waals surface area contributed by atoms with Gasteiger partial charge < -0.3 is 14.8 Å². The van der Waals surface area contributed by atoms with E-state index in [0.717, 1.165) is 11.3 Å². The Kier molecular flexibility index (Phi) is 7.25. The van der Waals surface area contributed by atoms with E-state index in [1.807, 2.05) is 42.5 Å². The fourth-order valence-electron chi connectivity index (χ4n) is 2.48. The van der Waals surface area contributed by atoms with E-state index in [4.69, 9.17) is 14.7 Å². The zero-order chi connectivity index (χ0) is 19.7. The van der Waals surface area contributed by atoms with Gasteiger partial charge in [-0.15, -0.1) is 0 Å². The zero-order valence-electron chi connectivity index (χ0n) is 16.1. The van der Waals surface area contributed by atoms with E-state index in [2.05, 4.69) is 38.2 Å². The second-order valence-corrected chi connectivity index (χ2v) is 7.19. The minimum atomic E-state index is -0.297. The first-order valence-corrected chi connectivity index (χ1v) is 8.98. The van der Waals surface area contributed by atoms with Crippen molar-refractivity contribution < 1.29 is 14.3 Å². The molecule has 5 nitrogen and oxygen atoms in total. The highest BCUT2D eigenvalue weighted by atomic mass is 16.5. The number of carbonyl (C=O) groups is 1. The van der Waals surface area contributed by atoms with Gasteiger partial charge in [0, 0.05) is 12.1 Å². The highest BCUT2D eigenvalue weighted by Crippen LogP contribution is 2.24. The molecule has 2 aromatic carbocycles. The Morgan fingerprint density at radius 2 is 1.70 bits per heavy atom. The molecule has 0 fully saturated rings. The zero-order valence-corrected chi connectivity index (χ0v) is 16.1. The van der Waals surface area contributed by atoms with Gasteiger partial charge in [-0.05, 0) is 29.2 Å². The van der Waals surface area contributed by atoms with Crippen LogP contribution >= 0.6 is 0 Å². The monoisotopic (exact) mass is 366 g/mol.